The number of carbonyl (C=O) groups is 2. The summed E-state index contributed by atoms with van der Waals surface area (Å²) in [4.78, 5) is 27.1. The van der Waals surface area contributed by atoms with Crippen molar-refractivity contribution in [2.45, 2.75) is 79.1 Å². The van der Waals surface area contributed by atoms with E-state index in [1.807, 2.05) is 44.2 Å². The molecule has 170 valence electrons. The van der Waals surface area contributed by atoms with Crippen LogP contribution in [0.15, 0.2) is 30.3 Å². The SMILES string of the molecule is CCCCCC(=O)N(CCC)CC(=O)Nc1cc(C(C)(C)C)nn1-c1ccc(C)cc1. The van der Waals surface area contributed by atoms with Crippen molar-refractivity contribution < 1.29 is 9.59 Å². The van der Waals surface area contributed by atoms with E-state index in [1.165, 1.54) is 0 Å². The highest BCUT2D eigenvalue weighted by Gasteiger charge is 2.23. The number of aromatic nitrogens is 2. The molecule has 2 aromatic rings. The first kappa shape index (κ1) is 24.6. The number of anilines is 1. The van der Waals surface area contributed by atoms with Crippen LogP contribution >= 0.6 is 0 Å². The van der Waals surface area contributed by atoms with Gasteiger partial charge < -0.3 is 10.2 Å². The quantitative estimate of drug-likeness (QED) is 0.529. The van der Waals surface area contributed by atoms with Crippen molar-refractivity contribution in [3.05, 3.63) is 41.6 Å². The van der Waals surface area contributed by atoms with Crippen LogP contribution in [0.1, 0.15) is 78.0 Å². The van der Waals surface area contributed by atoms with Gasteiger partial charge in [0.1, 0.15) is 5.82 Å². The Labute approximate surface area is 187 Å². The Bertz CT molecular complexity index is 863. The zero-order valence-corrected chi connectivity index (χ0v) is 20.0. The van der Waals surface area contributed by atoms with Gasteiger partial charge in [-0.2, -0.15) is 5.10 Å². The van der Waals surface area contributed by atoms with Crippen molar-refractivity contribution in [2.75, 3.05) is 18.4 Å². The van der Waals surface area contributed by atoms with Crippen LogP contribution in [-0.2, 0) is 15.0 Å². The van der Waals surface area contributed by atoms with E-state index in [4.69, 9.17) is 5.10 Å². The van der Waals surface area contributed by atoms with E-state index < -0.39 is 0 Å². The fourth-order valence-corrected chi connectivity index (χ4v) is 3.32. The van der Waals surface area contributed by atoms with Crippen LogP contribution in [0.4, 0.5) is 5.82 Å². The monoisotopic (exact) mass is 426 g/mol. The van der Waals surface area contributed by atoms with Crippen LogP contribution in [0.25, 0.3) is 5.69 Å². The first-order chi connectivity index (χ1) is 14.7. The van der Waals surface area contributed by atoms with Crippen molar-refractivity contribution in [3.63, 3.8) is 0 Å². The summed E-state index contributed by atoms with van der Waals surface area (Å²) in [6.45, 7) is 13.1. The lowest BCUT2D eigenvalue weighted by Crippen LogP contribution is -2.38. The predicted octanol–water partition coefficient (Wildman–Crippen LogP) is 5.24. The van der Waals surface area contributed by atoms with E-state index in [-0.39, 0.29) is 23.8 Å². The van der Waals surface area contributed by atoms with Gasteiger partial charge in [-0.1, -0.05) is 65.2 Å². The molecule has 0 bridgehead atoms. The Morgan fingerprint density at radius 3 is 2.32 bits per heavy atom. The topological polar surface area (TPSA) is 67.2 Å². The zero-order chi connectivity index (χ0) is 23.0. The number of nitrogens with one attached hydrogen (secondary N) is 1. The van der Waals surface area contributed by atoms with Gasteiger partial charge in [-0.25, -0.2) is 4.68 Å². The molecule has 0 aliphatic heterocycles. The average molecular weight is 427 g/mol. The van der Waals surface area contributed by atoms with Gasteiger partial charge in [-0.15, -0.1) is 0 Å². The average Bonchev–Trinajstić information content (AvgIpc) is 3.12. The molecule has 1 aromatic heterocycles. The predicted molar refractivity (Wildman–Crippen MR) is 127 cm³/mol. The Morgan fingerprint density at radius 1 is 1.06 bits per heavy atom. The molecule has 0 aliphatic rings. The normalized spacial score (nSPS) is 11.4. The van der Waals surface area contributed by atoms with Crippen LogP contribution in [-0.4, -0.2) is 39.6 Å². The molecule has 0 saturated carbocycles. The summed E-state index contributed by atoms with van der Waals surface area (Å²) in [5.74, 6) is 0.465. The Balaban J connectivity index is 2.21. The van der Waals surface area contributed by atoms with Gasteiger partial charge in [-0.05, 0) is 31.9 Å². The summed E-state index contributed by atoms with van der Waals surface area (Å²) in [5, 5.41) is 7.75. The third-order valence-corrected chi connectivity index (χ3v) is 5.20. The largest absolute Gasteiger partial charge is 0.333 e. The molecule has 2 amide bonds. The Kier molecular flexibility index (Phi) is 8.84. The number of unbranched alkanes of at least 4 members (excludes halogenated alkanes) is 2. The van der Waals surface area contributed by atoms with E-state index in [0.29, 0.717) is 18.8 Å². The minimum absolute atomic E-state index is 0.0490. The summed E-state index contributed by atoms with van der Waals surface area (Å²) >= 11 is 0. The number of hydrogen-bond donors (Lipinski definition) is 1. The minimum atomic E-state index is -0.203. The van der Waals surface area contributed by atoms with Crippen molar-refractivity contribution in [3.8, 4) is 5.69 Å². The van der Waals surface area contributed by atoms with Gasteiger partial charge in [0.15, 0.2) is 0 Å². The number of benzene rings is 1. The van der Waals surface area contributed by atoms with Crippen molar-refractivity contribution >= 4 is 17.6 Å². The first-order valence-electron chi connectivity index (χ1n) is 11.4. The van der Waals surface area contributed by atoms with E-state index in [1.54, 1.807) is 9.58 Å². The molecule has 31 heavy (non-hydrogen) atoms. The van der Waals surface area contributed by atoms with Gasteiger partial charge in [0.2, 0.25) is 11.8 Å². The van der Waals surface area contributed by atoms with E-state index in [9.17, 15) is 9.59 Å². The fourth-order valence-electron chi connectivity index (χ4n) is 3.32. The molecule has 1 aromatic carbocycles. The highest BCUT2D eigenvalue weighted by atomic mass is 16.2. The molecule has 6 nitrogen and oxygen atoms in total. The minimum Gasteiger partial charge on any atom is -0.333 e. The fraction of sp³-hybridized carbons (Fsp3) is 0.560. The second-order valence-electron chi connectivity index (χ2n) is 9.23. The standard InChI is InChI=1S/C25H38N4O2/c1-7-9-10-11-24(31)28(16-8-2)18-23(30)26-22-17-21(25(4,5)6)27-29(22)20-14-12-19(3)13-15-20/h12-15,17H,7-11,16,18H2,1-6H3,(H,26,30). The third-order valence-electron chi connectivity index (χ3n) is 5.20. The molecule has 0 unspecified atom stereocenters. The molecule has 0 spiro atoms. The van der Waals surface area contributed by atoms with Crippen LogP contribution in [0.2, 0.25) is 0 Å². The second kappa shape index (κ2) is 11.1. The molecule has 0 radical (unpaired) electrons. The summed E-state index contributed by atoms with van der Waals surface area (Å²) in [7, 11) is 0. The Hall–Kier alpha value is -2.63. The van der Waals surface area contributed by atoms with Gasteiger partial charge in [0, 0.05) is 24.4 Å². The lowest BCUT2D eigenvalue weighted by molar-refractivity contribution is -0.134. The smallest absolute Gasteiger partial charge is 0.245 e. The number of rotatable bonds is 10. The molecule has 0 atom stereocenters. The molecule has 1 N–H and O–H groups in total. The molecule has 0 aliphatic carbocycles. The zero-order valence-electron chi connectivity index (χ0n) is 20.0. The van der Waals surface area contributed by atoms with Gasteiger partial charge >= 0.3 is 0 Å². The summed E-state index contributed by atoms with van der Waals surface area (Å²) in [6.07, 6.45) is 4.29. The van der Waals surface area contributed by atoms with Crippen molar-refractivity contribution in [1.82, 2.24) is 14.7 Å². The molecular weight excluding hydrogens is 388 g/mol. The molecule has 6 heteroatoms. The molecule has 0 saturated heterocycles. The van der Waals surface area contributed by atoms with Crippen LogP contribution in [0.3, 0.4) is 0 Å². The number of nitrogens with zero attached hydrogens (tertiary/aromatic N) is 3. The summed E-state index contributed by atoms with van der Waals surface area (Å²) in [5.41, 5.74) is 2.79. The molecule has 0 fully saturated rings. The lowest BCUT2D eigenvalue weighted by atomic mass is 9.92. The number of amides is 2. The summed E-state index contributed by atoms with van der Waals surface area (Å²) in [6, 6.07) is 9.95. The van der Waals surface area contributed by atoms with E-state index >= 15 is 0 Å². The molecule has 2 rings (SSSR count). The highest BCUT2D eigenvalue weighted by Crippen LogP contribution is 2.26. The number of carbonyl (C=O) groups excluding carboxylic acids is 2. The van der Waals surface area contributed by atoms with Crippen LogP contribution < -0.4 is 5.32 Å². The highest BCUT2D eigenvalue weighted by molar-refractivity contribution is 5.94. The van der Waals surface area contributed by atoms with E-state index in [0.717, 1.165) is 42.6 Å². The summed E-state index contributed by atoms with van der Waals surface area (Å²) < 4.78 is 1.77. The Morgan fingerprint density at radius 2 is 1.74 bits per heavy atom. The molecule has 1 heterocycles. The van der Waals surface area contributed by atoms with Gasteiger partial charge in [-0.3, -0.25) is 9.59 Å². The number of hydrogen-bond acceptors (Lipinski definition) is 3. The van der Waals surface area contributed by atoms with Gasteiger partial charge in [0.05, 0.1) is 17.9 Å². The first-order valence-corrected chi connectivity index (χ1v) is 11.4. The van der Waals surface area contributed by atoms with Crippen LogP contribution in [0, 0.1) is 6.92 Å². The van der Waals surface area contributed by atoms with E-state index in [2.05, 4.69) is 33.0 Å². The molecular formula is C25H38N4O2. The number of aryl methyl sites for hydroxylation is 1. The van der Waals surface area contributed by atoms with Crippen molar-refractivity contribution in [1.29, 1.82) is 0 Å². The van der Waals surface area contributed by atoms with Crippen molar-refractivity contribution in [2.24, 2.45) is 0 Å². The maximum Gasteiger partial charge on any atom is 0.245 e. The van der Waals surface area contributed by atoms with Gasteiger partial charge in [0.25, 0.3) is 0 Å². The third kappa shape index (κ3) is 7.23. The second-order valence-corrected chi connectivity index (χ2v) is 9.23. The lowest BCUT2D eigenvalue weighted by Gasteiger charge is -2.21. The maximum absolute atomic E-state index is 12.9. The maximum atomic E-state index is 12.9. The van der Waals surface area contributed by atoms with Crippen LogP contribution in [0.5, 0.6) is 0 Å².